The van der Waals surface area contributed by atoms with Crippen molar-refractivity contribution >= 4 is 17.7 Å². The van der Waals surface area contributed by atoms with Gasteiger partial charge in [0.25, 0.3) is 17.7 Å². The van der Waals surface area contributed by atoms with Gasteiger partial charge >= 0.3 is 0 Å². The van der Waals surface area contributed by atoms with Crippen LogP contribution in [0, 0.1) is 0 Å². The highest BCUT2D eigenvalue weighted by Gasteiger charge is 2.35. The average molecular weight is 329 g/mol. The van der Waals surface area contributed by atoms with Gasteiger partial charge in [0.1, 0.15) is 0 Å². The summed E-state index contributed by atoms with van der Waals surface area (Å²) in [4.78, 5) is 40.6. The average Bonchev–Trinajstić information content (AvgIpc) is 2.83. The van der Waals surface area contributed by atoms with Gasteiger partial charge < -0.3 is 10.2 Å². The molecule has 1 unspecified atom stereocenters. The van der Waals surface area contributed by atoms with Crippen LogP contribution in [0.5, 0.6) is 0 Å². The molecular formula is C18H23N3O3. The Hall–Kier alpha value is -2.21. The molecule has 1 fully saturated rings. The monoisotopic (exact) mass is 329 g/mol. The Morgan fingerprint density at radius 3 is 2.71 bits per heavy atom. The van der Waals surface area contributed by atoms with E-state index in [-0.39, 0.29) is 23.8 Å². The topological polar surface area (TPSA) is 69.7 Å². The van der Waals surface area contributed by atoms with E-state index in [1.165, 1.54) is 4.90 Å². The van der Waals surface area contributed by atoms with Gasteiger partial charge in [-0.25, -0.2) is 0 Å². The molecule has 1 aromatic rings. The van der Waals surface area contributed by atoms with Crippen molar-refractivity contribution < 1.29 is 14.4 Å². The van der Waals surface area contributed by atoms with Crippen molar-refractivity contribution in [2.24, 2.45) is 0 Å². The molecule has 0 saturated carbocycles. The number of carbonyl (C=O) groups is 3. The highest BCUT2D eigenvalue weighted by atomic mass is 16.2. The highest BCUT2D eigenvalue weighted by molar-refractivity contribution is 6.22. The standard InChI is InChI=1S/C18H23N3O3/c1-3-4-8-21-17(23)14-6-5-13(10-15(14)18(21)24)16(22)20-9-7-19-12(2)11-20/h5-6,10,12,19H,3-4,7-9,11H2,1-2H3. The summed E-state index contributed by atoms with van der Waals surface area (Å²) in [5, 5.41) is 3.30. The van der Waals surface area contributed by atoms with Gasteiger partial charge in [0, 0.05) is 37.8 Å². The molecule has 3 rings (SSSR count). The molecule has 0 aromatic heterocycles. The van der Waals surface area contributed by atoms with E-state index in [2.05, 4.69) is 5.32 Å². The zero-order valence-electron chi connectivity index (χ0n) is 14.2. The number of fused-ring (bicyclic) bond motifs is 1. The Labute approximate surface area is 141 Å². The predicted octanol–water partition coefficient (Wildman–Crippen LogP) is 1.52. The number of carbonyl (C=O) groups excluding carboxylic acids is 3. The third-order valence-corrected chi connectivity index (χ3v) is 4.61. The van der Waals surface area contributed by atoms with E-state index >= 15 is 0 Å². The van der Waals surface area contributed by atoms with E-state index in [9.17, 15) is 14.4 Å². The maximum Gasteiger partial charge on any atom is 0.261 e. The van der Waals surface area contributed by atoms with Gasteiger partial charge in [0.15, 0.2) is 0 Å². The molecule has 0 aliphatic carbocycles. The number of imide groups is 1. The zero-order chi connectivity index (χ0) is 17.3. The molecule has 3 amide bonds. The number of hydrogen-bond acceptors (Lipinski definition) is 4. The summed E-state index contributed by atoms with van der Waals surface area (Å²) in [5.74, 6) is -0.622. The molecule has 2 aliphatic heterocycles. The van der Waals surface area contributed by atoms with Gasteiger partial charge in [-0.15, -0.1) is 0 Å². The highest BCUT2D eigenvalue weighted by Crippen LogP contribution is 2.25. The number of amides is 3. The van der Waals surface area contributed by atoms with Crippen LogP contribution in [0.1, 0.15) is 57.8 Å². The first-order valence-electron chi connectivity index (χ1n) is 8.55. The largest absolute Gasteiger partial charge is 0.336 e. The van der Waals surface area contributed by atoms with E-state index in [1.54, 1.807) is 23.1 Å². The first-order chi connectivity index (χ1) is 11.5. The second kappa shape index (κ2) is 6.73. The Kier molecular flexibility index (Phi) is 4.66. The van der Waals surface area contributed by atoms with Crippen molar-refractivity contribution in [1.29, 1.82) is 0 Å². The van der Waals surface area contributed by atoms with Crippen LogP contribution in [-0.2, 0) is 0 Å². The fourth-order valence-corrected chi connectivity index (χ4v) is 3.24. The molecule has 0 spiro atoms. The first-order valence-corrected chi connectivity index (χ1v) is 8.55. The lowest BCUT2D eigenvalue weighted by molar-refractivity contribution is 0.0651. The SMILES string of the molecule is CCCCN1C(=O)c2ccc(C(=O)N3CCNC(C)C3)cc2C1=O. The molecule has 1 aromatic carbocycles. The summed E-state index contributed by atoms with van der Waals surface area (Å²) in [6.45, 7) is 6.54. The quantitative estimate of drug-likeness (QED) is 0.850. The minimum Gasteiger partial charge on any atom is -0.336 e. The van der Waals surface area contributed by atoms with Crippen molar-refractivity contribution in [3.8, 4) is 0 Å². The number of nitrogens with zero attached hydrogens (tertiary/aromatic N) is 2. The van der Waals surface area contributed by atoms with Crippen LogP contribution in [-0.4, -0.2) is 59.7 Å². The van der Waals surface area contributed by atoms with Gasteiger partial charge in [-0.1, -0.05) is 13.3 Å². The minimum atomic E-state index is -0.285. The van der Waals surface area contributed by atoms with Crippen LogP contribution >= 0.6 is 0 Å². The summed E-state index contributed by atoms with van der Waals surface area (Å²) >= 11 is 0. The fourth-order valence-electron chi connectivity index (χ4n) is 3.24. The summed E-state index contributed by atoms with van der Waals surface area (Å²) in [7, 11) is 0. The predicted molar refractivity (Wildman–Crippen MR) is 90.1 cm³/mol. The number of benzene rings is 1. The first kappa shape index (κ1) is 16.6. The Morgan fingerprint density at radius 2 is 2.00 bits per heavy atom. The summed E-state index contributed by atoms with van der Waals surface area (Å²) in [6, 6.07) is 5.10. The molecule has 1 N–H and O–H groups in total. The van der Waals surface area contributed by atoms with Crippen LogP contribution < -0.4 is 5.32 Å². The van der Waals surface area contributed by atoms with Gasteiger partial charge in [-0.2, -0.15) is 0 Å². The lowest BCUT2D eigenvalue weighted by Crippen LogP contribution is -2.51. The van der Waals surface area contributed by atoms with Crippen LogP contribution in [0.15, 0.2) is 18.2 Å². The maximum absolute atomic E-state index is 12.7. The van der Waals surface area contributed by atoms with Gasteiger partial charge in [0.2, 0.25) is 0 Å². The van der Waals surface area contributed by atoms with Crippen molar-refractivity contribution in [2.45, 2.75) is 32.7 Å². The summed E-state index contributed by atoms with van der Waals surface area (Å²) in [6.07, 6.45) is 1.70. The zero-order valence-corrected chi connectivity index (χ0v) is 14.2. The van der Waals surface area contributed by atoms with Crippen LogP contribution in [0.3, 0.4) is 0 Å². The minimum absolute atomic E-state index is 0.0848. The molecule has 6 nitrogen and oxygen atoms in total. The number of rotatable bonds is 4. The molecule has 128 valence electrons. The number of piperazine rings is 1. The third kappa shape index (κ3) is 2.94. The van der Waals surface area contributed by atoms with Crippen molar-refractivity contribution in [1.82, 2.24) is 15.1 Å². The number of nitrogens with one attached hydrogen (secondary N) is 1. The second-order valence-electron chi connectivity index (χ2n) is 6.48. The molecule has 0 bridgehead atoms. The summed E-state index contributed by atoms with van der Waals surface area (Å²) in [5.41, 5.74) is 1.23. The molecular weight excluding hydrogens is 306 g/mol. The second-order valence-corrected chi connectivity index (χ2v) is 6.48. The van der Waals surface area contributed by atoms with Gasteiger partial charge in [-0.05, 0) is 31.5 Å². The molecule has 2 aliphatic rings. The lowest BCUT2D eigenvalue weighted by Gasteiger charge is -2.32. The van der Waals surface area contributed by atoms with E-state index in [4.69, 9.17) is 0 Å². The maximum atomic E-state index is 12.7. The van der Waals surface area contributed by atoms with Crippen molar-refractivity contribution in [2.75, 3.05) is 26.2 Å². The van der Waals surface area contributed by atoms with Crippen LogP contribution in [0.2, 0.25) is 0 Å². The molecule has 6 heteroatoms. The van der Waals surface area contributed by atoms with E-state index in [1.807, 2.05) is 13.8 Å². The van der Waals surface area contributed by atoms with Crippen LogP contribution in [0.4, 0.5) is 0 Å². The molecule has 1 atom stereocenters. The number of unbranched alkanes of at least 4 members (excludes halogenated alkanes) is 1. The normalized spacial score (nSPS) is 20.5. The number of hydrogen-bond donors (Lipinski definition) is 1. The molecule has 2 heterocycles. The Balaban J connectivity index is 1.83. The van der Waals surface area contributed by atoms with Gasteiger partial charge in [-0.3, -0.25) is 19.3 Å². The summed E-state index contributed by atoms with van der Waals surface area (Å²) < 4.78 is 0. The van der Waals surface area contributed by atoms with Crippen molar-refractivity contribution in [3.05, 3.63) is 34.9 Å². The van der Waals surface area contributed by atoms with Crippen LogP contribution in [0.25, 0.3) is 0 Å². The Bertz CT molecular complexity index is 686. The third-order valence-electron chi connectivity index (χ3n) is 4.61. The lowest BCUT2D eigenvalue weighted by atomic mass is 10.0. The van der Waals surface area contributed by atoms with Gasteiger partial charge in [0.05, 0.1) is 11.1 Å². The molecule has 0 radical (unpaired) electrons. The smallest absolute Gasteiger partial charge is 0.261 e. The van der Waals surface area contributed by atoms with E-state index in [0.717, 1.165) is 19.4 Å². The fraction of sp³-hybridized carbons (Fsp3) is 0.500. The molecule has 24 heavy (non-hydrogen) atoms. The van der Waals surface area contributed by atoms with Crippen molar-refractivity contribution in [3.63, 3.8) is 0 Å². The molecule has 1 saturated heterocycles. The Morgan fingerprint density at radius 1 is 1.25 bits per heavy atom. The van der Waals surface area contributed by atoms with E-state index in [0.29, 0.717) is 36.3 Å². The van der Waals surface area contributed by atoms with E-state index < -0.39 is 0 Å².